The summed E-state index contributed by atoms with van der Waals surface area (Å²) in [6.45, 7) is 4.61. The van der Waals surface area contributed by atoms with E-state index < -0.39 is 0 Å². The van der Waals surface area contributed by atoms with Gasteiger partial charge in [-0.15, -0.1) is 0 Å². The summed E-state index contributed by atoms with van der Waals surface area (Å²) in [6, 6.07) is 7.39. The van der Waals surface area contributed by atoms with E-state index in [9.17, 15) is 9.59 Å². The van der Waals surface area contributed by atoms with Gasteiger partial charge in [-0.05, 0) is 24.1 Å². The molecular formula is C17H23ClN2O2. The molecule has 22 heavy (non-hydrogen) atoms. The number of piperazine rings is 1. The Kier molecular flexibility index (Phi) is 6.25. The van der Waals surface area contributed by atoms with Crippen molar-refractivity contribution in [2.45, 2.75) is 32.6 Å². The Morgan fingerprint density at radius 3 is 2.32 bits per heavy atom. The molecule has 0 N–H and O–H groups in total. The average Bonchev–Trinajstić information content (AvgIpc) is 2.52. The predicted octanol–water partition coefficient (Wildman–Crippen LogP) is 2.74. The molecule has 2 rings (SSSR count). The minimum atomic E-state index is 0.0999. The van der Waals surface area contributed by atoms with Gasteiger partial charge in [0.05, 0.1) is 6.42 Å². The Labute approximate surface area is 137 Å². The third-order valence-corrected chi connectivity index (χ3v) is 4.21. The Morgan fingerprint density at radius 2 is 1.73 bits per heavy atom. The van der Waals surface area contributed by atoms with Gasteiger partial charge in [0.25, 0.3) is 0 Å². The van der Waals surface area contributed by atoms with Gasteiger partial charge >= 0.3 is 0 Å². The van der Waals surface area contributed by atoms with Crippen LogP contribution in [0.2, 0.25) is 5.02 Å². The van der Waals surface area contributed by atoms with Crippen LogP contribution in [0.5, 0.6) is 0 Å². The van der Waals surface area contributed by atoms with Crippen molar-refractivity contribution in [2.24, 2.45) is 0 Å². The number of hydrogen-bond donors (Lipinski definition) is 0. The molecule has 1 heterocycles. The van der Waals surface area contributed by atoms with E-state index in [1.807, 2.05) is 28.0 Å². The lowest BCUT2D eigenvalue weighted by Gasteiger charge is -2.35. The molecule has 0 atom stereocenters. The van der Waals surface area contributed by atoms with Crippen LogP contribution in [-0.2, 0) is 16.0 Å². The molecule has 1 aromatic carbocycles. The van der Waals surface area contributed by atoms with Crippen molar-refractivity contribution in [3.05, 3.63) is 34.9 Å². The summed E-state index contributed by atoms with van der Waals surface area (Å²) in [5, 5.41) is 0.650. The average molecular weight is 323 g/mol. The van der Waals surface area contributed by atoms with E-state index in [2.05, 4.69) is 6.92 Å². The highest BCUT2D eigenvalue weighted by Crippen LogP contribution is 2.13. The molecule has 5 heteroatoms. The number of hydrogen-bond acceptors (Lipinski definition) is 2. The number of benzene rings is 1. The minimum absolute atomic E-state index is 0.0999. The molecule has 1 fully saturated rings. The van der Waals surface area contributed by atoms with Crippen LogP contribution in [-0.4, -0.2) is 47.8 Å². The monoisotopic (exact) mass is 322 g/mol. The van der Waals surface area contributed by atoms with Crippen LogP contribution in [0.25, 0.3) is 0 Å². The molecular weight excluding hydrogens is 300 g/mol. The molecule has 120 valence electrons. The Hall–Kier alpha value is -1.55. The second-order valence-electron chi connectivity index (χ2n) is 5.67. The zero-order valence-corrected chi connectivity index (χ0v) is 13.8. The van der Waals surface area contributed by atoms with E-state index in [0.717, 1.165) is 18.4 Å². The fourth-order valence-corrected chi connectivity index (χ4v) is 2.84. The summed E-state index contributed by atoms with van der Waals surface area (Å²) < 4.78 is 0. The van der Waals surface area contributed by atoms with Crippen LogP contribution in [0.3, 0.4) is 0 Å². The maximum Gasteiger partial charge on any atom is 0.227 e. The van der Waals surface area contributed by atoms with E-state index in [1.54, 1.807) is 6.07 Å². The van der Waals surface area contributed by atoms with Crippen LogP contribution >= 0.6 is 11.6 Å². The van der Waals surface area contributed by atoms with Gasteiger partial charge in [0.15, 0.2) is 0 Å². The number of unbranched alkanes of at least 4 members (excludes halogenated alkanes) is 1. The molecule has 0 unspecified atom stereocenters. The molecule has 2 amide bonds. The highest BCUT2D eigenvalue weighted by Gasteiger charge is 2.23. The Balaban J connectivity index is 1.81. The lowest BCUT2D eigenvalue weighted by atomic mass is 10.1. The maximum atomic E-state index is 12.3. The fraction of sp³-hybridized carbons (Fsp3) is 0.529. The largest absolute Gasteiger partial charge is 0.339 e. The van der Waals surface area contributed by atoms with Crippen molar-refractivity contribution in [1.29, 1.82) is 0 Å². The van der Waals surface area contributed by atoms with Gasteiger partial charge < -0.3 is 9.80 Å². The number of carbonyl (C=O) groups is 2. The lowest BCUT2D eigenvalue weighted by Crippen LogP contribution is -2.50. The number of halogens is 1. The van der Waals surface area contributed by atoms with Crippen LogP contribution in [0.4, 0.5) is 0 Å². The summed E-state index contributed by atoms with van der Waals surface area (Å²) in [7, 11) is 0. The first-order valence-electron chi connectivity index (χ1n) is 7.90. The molecule has 0 spiro atoms. The minimum Gasteiger partial charge on any atom is -0.339 e. The van der Waals surface area contributed by atoms with Crippen LogP contribution < -0.4 is 0 Å². The van der Waals surface area contributed by atoms with Crippen LogP contribution in [0.15, 0.2) is 24.3 Å². The lowest BCUT2D eigenvalue weighted by molar-refractivity contribution is -0.139. The van der Waals surface area contributed by atoms with Gasteiger partial charge in [-0.2, -0.15) is 0 Å². The Bertz CT molecular complexity index is 525. The normalized spacial score (nSPS) is 15.0. The quantitative estimate of drug-likeness (QED) is 0.836. The third kappa shape index (κ3) is 4.73. The zero-order chi connectivity index (χ0) is 15.9. The van der Waals surface area contributed by atoms with Crippen LogP contribution in [0, 0.1) is 0 Å². The molecule has 0 radical (unpaired) electrons. The smallest absolute Gasteiger partial charge is 0.227 e. The van der Waals surface area contributed by atoms with Gasteiger partial charge in [0, 0.05) is 37.6 Å². The van der Waals surface area contributed by atoms with Gasteiger partial charge in [0.1, 0.15) is 0 Å². The zero-order valence-electron chi connectivity index (χ0n) is 13.1. The maximum absolute atomic E-state index is 12.3. The van der Waals surface area contributed by atoms with E-state index in [4.69, 9.17) is 11.6 Å². The van der Waals surface area contributed by atoms with Gasteiger partial charge in [-0.3, -0.25) is 9.59 Å². The second kappa shape index (κ2) is 8.18. The highest BCUT2D eigenvalue weighted by atomic mass is 35.5. The van der Waals surface area contributed by atoms with E-state index in [0.29, 0.717) is 44.0 Å². The van der Waals surface area contributed by atoms with Gasteiger partial charge in [-0.25, -0.2) is 0 Å². The first kappa shape index (κ1) is 16.8. The summed E-state index contributed by atoms with van der Waals surface area (Å²) in [4.78, 5) is 28.0. The summed E-state index contributed by atoms with van der Waals surface area (Å²) in [5.74, 6) is 0.312. The van der Waals surface area contributed by atoms with Crippen molar-refractivity contribution in [2.75, 3.05) is 26.2 Å². The molecule has 0 aliphatic carbocycles. The van der Waals surface area contributed by atoms with E-state index >= 15 is 0 Å². The van der Waals surface area contributed by atoms with Crippen molar-refractivity contribution >= 4 is 23.4 Å². The molecule has 1 aliphatic heterocycles. The molecule has 1 saturated heterocycles. The summed E-state index contributed by atoms with van der Waals surface area (Å²) in [5.41, 5.74) is 0.930. The molecule has 0 aromatic heterocycles. The Morgan fingerprint density at radius 1 is 1.09 bits per heavy atom. The summed E-state index contributed by atoms with van der Waals surface area (Å²) >= 11 is 5.94. The van der Waals surface area contributed by atoms with Crippen molar-refractivity contribution < 1.29 is 9.59 Å². The van der Waals surface area contributed by atoms with Crippen molar-refractivity contribution in [1.82, 2.24) is 9.80 Å². The SMILES string of the molecule is CCCCC(=O)N1CCN(C(=O)Cc2cccc(Cl)c2)CC1. The fourth-order valence-electron chi connectivity index (χ4n) is 2.62. The van der Waals surface area contributed by atoms with E-state index in [-0.39, 0.29) is 11.8 Å². The van der Waals surface area contributed by atoms with Crippen molar-refractivity contribution in [3.63, 3.8) is 0 Å². The molecule has 4 nitrogen and oxygen atoms in total. The number of nitrogens with zero attached hydrogens (tertiary/aromatic N) is 2. The highest BCUT2D eigenvalue weighted by molar-refractivity contribution is 6.30. The number of rotatable bonds is 5. The standard InChI is InChI=1S/C17H23ClN2O2/c1-2-3-7-16(21)19-8-10-20(11-9-19)17(22)13-14-5-4-6-15(18)12-14/h4-6,12H,2-3,7-11,13H2,1H3. The van der Waals surface area contributed by atoms with Crippen molar-refractivity contribution in [3.8, 4) is 0 Å². The molecule has 0 saturated carbocycles. The van der Waals surface area contributed by atoms with Gasteiger partial charge in [-0.1, -0.05) is 37.1 Å². The summed E-state index contributed by atoms with van der Waals surface area (Å²) in [6.07, 6.45) is 2.95. The first-order chi connectivity index (χ1) is 10.6. The molecule has 0 bridgehead atoms. The predicted molar refractivity (Wildman–Crippen MR) is 87.8 cm³/mol. The van der Waals surface area contributed by atoms with Crippen LogP contribution in [0.1, 0.15) is 31.7 Å². The number of carbonyl (C=O) groups excluding carboxylic acids is 2. The second-order valence-corrected chi connectivity index (χ2v) is 6.11. The number of amides is 2. The first-order valence-corrected chi connectivity index (χ1v) is 8.28. The molecule has 1 aromatic rings. The third-order valence-electron chi connectivity index (χ3n) is 3.97. The molecule has 1 aliphatic rings. The van der Waals surface area contributed by atoms with E-state index in [1.165, 1.54) is 0 Å². The van der Waals surface area contributed by atoms with Gasteiger partial charge in [0.2, 0.25) is 11.8 Å². The topological polar surface area (TPSA) is 40.6 Å².